The first kappa shape index (κ1) is 13.4. The van der Waals surface area contributed by atoms with Crippen molar-refractivity contribution in [3.63, 3.8) is 0 Å². The lowest BCUT2D eigenvalue weighted by Crippen LogP contribution is -2.25. The predicted octanol–water partition coefficient (Wildman–Crippen LogP) is 0.690. The summed E-state index contributed by atoms with van der Waals surface area (Å²) in [6, 6.07) is 0.486. The third-order valence-corrected chi connectivity index (χ3v) is 3.68. The van der Waals surface area contributed by atoms with Gasteiger partial charge in [0.15, 0.2) is 5.16 Å². The molecule has 0 aromatic carbocycles. The van der Waals surface area contributed by atoms with E-state index in [-0.39, 0.29) is 5.91 Å². The van der Waals surface area contributed by atoms with Crippen molar-refractivity contribution < 1.29 is 4.79 Å². The highest BCUT2D eigenvalue weighted by Gasteiger charge is 2.29. The first-order valence-electron chi connectivity index (χ1n) is 6.29. The topological polar surface area (TPSA) is 85.8 Å². The number of aromatic nitrogens is 3. The summed E-state index contributed by atoms with van der Waals surface area (Å²) in [6.07, 6.45) is 3.26. The Morgan fingerprint density at radius 1 is 1.56 bits per heavy atom. The average molecular weight is 269 g/mol. The van der Waals surface area contributed by atoms with Crippen molar-refractivity contribution in [2.75, 3.05) is 12.3 Å². The van der Waals surface area contributed by atoms with Crippen LogP contribution in [-0.4, -0.2) is 33.0 Å². The smallest absolute Gasteiger partial charge is 0.230 e. The molecule has 0 spiro atoms. The molecular weight excluding hydrogens is 250 g/mol. The maximum atomic E-state index is 11.5. The molecule has 0 bridgehead atoms. The van der Waals surface area contributed by atoms with E-state index < -0.39 is 0 Å². The fourth-order valence-corrected chi connectivity index (χ4v) is 2.54. The Bertz CT molecular complexity index is 416. The van der Waals surface area contributed by atoms with Gasteiger partial charge in [-0.3, -0.25) is 4.79 Å². The lowest BCUT2D eigenvalue weighted by molar-refractivity contribution is -0.118. The van der Waals surface area contributed by atoms with E-state index >= 15 is 0 Å². The van der Waals surface area contributed by atoms with Gasteiger partial charge in [0.1, 0.15) is 5.82 Å². The molecular formula is C11H19N5OS. The second kappa shape index (κ2) is 6.19. The predicted molar refractivity (Wildman–Crippen MR) is 70.2 cm³/mol. The summed E-state index contributed by atoms with van der Waals surface area (Å²) in [5, 5.41) is 11.8. The van der Waals surface area contributed by atoms with Crippen molar-refractivity contribution in [1.29, 1.82) is 0 Å². The van der Waals surface area contributed by atoms with Gasteiger partial charge in [-0.1, -0.05) is 18.7 Å². The molecule has 1 saturated carbocycles. The maximum absolute atomic E-state index is 11.5. The molecule has 1 fully saturated rings. The summed E-state index contributed by atoms with van der Waals surface area (Å²) < 4.78 is 2.08. The number of hydrogen-bond donors (Lipinski definition) is 2. The van der Waals surface area contributed by atoms with E-state index in [9.17, 15) is 4.79 Å². The minimum absolute atomic E-state index is 0.0431. The fraction of sp³-hybridized carbons (Fsp3) is 0.727. The lowest BCUT2D eigenvalue weighted by atomic mass is 10.5. The fourth-order valence-electron chi connectivity index (χ4n) is 1.69. The van der Waals surface area contributed by atoms with Gasteiger partial charge in [0, 0.05) is 12.6 Å². The number of nitrogens with zero attached hydrogens (tertiary/aromatic N) is 3. The van der Waals surface area contributed by atoms with Gasteiger partial charge >= 0.3 is 0 Å². The molecule has 3 N–H and O–H groups in total. The molecule has 2 rings (SSSR count). The van der Waals surface area contributed by atoms with E-state index in [1.54, 1.807) is 0 Å². The van der Waals surface area contributed by atoms with Crippen molar-refractivity contribution in [3.05, 3.63) is 5.82 Å². The highest BCUT2D eigenvalue weighted by molar-refractivity contribution is 7.99. The van der Waals surface area contributed by atoms with Crippen LogP contribution in [-0.2, 0) is 11.3 Å². The van der Waals surface area contributed by atoms with Crippen LogP contribution in [0.2, 0.25) is 0 Å². The normalized spacial score (nSPS) is 14.8. The van der Waals surface area contributed by atoms with Crippen LogP contribution in [0.1, 0.15) is 38.1 Å². The molecule has 1 aromatic heterocycles. The molecule has 1 amide bonds. The molecule has 7 heteroatoms. The Morgan fingerprint density at radius 3 is 2.94 bits per heavy atom. The van der Waals surface area contributed by atoms with Crippen LogP contribution in [0.5, 0.6) is 0 Å². The number of carbonyl (C=O) groups is 1. The summed E-state index contributed by atoms with van der Waals surface area (Å²) in [5.74, 6) is 1.24. The zero-order valence-electron chi connectivity index (χ0n) is 10.6. The maximum Gasteiger partial charge on any atom is 0.230 e. The van der Waals surface area contributed by atoms with Crippen molar-refractivity contribution in [1.82, 2.24) is 20.1 Å². The van der Waals surface area contributed by atoms with Crippen LogP contribution in [0.25, 0.3) is 0 Å². The van der Waals surface area contributed by atoms with Gasteiger partial charge in [0.2, 0.25) is 5.91 Å². The van der Waals surface area contributed by atoms with E-state index in [1.165, 1.54) is 11.8 Å². The Balaban J connectivity index is 1.92. The minimum Gasteiger partial charge on any atom is -0.355 e. The summed E-state index contributed by atoms with van der Waals surface area (Å²) >= 11 is 1.43. The van der Waals surface area contributed by atoms with Gasteiger partial charge in [0.25, 0.3) is 0 Å². The monoisotopic (exact) mass is 269 g/mol. The number of nitrogens with one attached hydrogen (secondary N) is 1. The van der Waals surface area contributed by atoms with Crippen molar-refractivity contribution in [2.24, 2.45) is 5.73 Å². The Morgan fingerprint density at radius 2 is 2.33 bits per heavy atom. The van der Waals surface area contributed by atoms with Gasteiger partial charge in [0.05, 0.1) is 12.3 Å². The van der Waals surface area contributed by atoms with Gasteiger partial charge in [-0.15, -0.1) is 10.2 Å². The van der Waals surface area contributed by atoms with Crippen molar-refractivity contribution in [2.45, 2.75) is 43.9 Å². The SMILES string of the molecule is CCCNC(=O)CSc1nnc(CN)n1C1CC1. The zero-order chi connectivity index (χ0) is 13.0. The largest absolute Gasteiger partial charge is 0.355 e. The third-order valence-electron chi connectivity index (χ3n) is 2.73. The molecule has 0 radical (unpaired) electrons. The van der Waals surface area contributed by atoms with Crippen molar-refractivity contribution in [3.8, 4) is 0 Å². The van der Waals surface area contributed by atoms with E-state index in [4.69, 9.17) is 5.73 Å². The van der Waals surface area contributed by atoms with Crippen LogP contribution >= 0.6 is 11.8 Å². The quantitative estimate of drug-likeness (QED) is 0.711. The molecule has 0 atom stereocenters. The standard InChI is InChI=1S/C11H19N5OS/c1-2-5-13-10(17)7-18-11-15-14-9(6-12)16(11)8-3-4-8/h8H,2-7,12H2,1H3,(H,13,17). The number of hydrogen-bond acceptors (Lipinski definition) is 5. The van der Waals surface area contributed by atoms with E-state index in [0.29, 0.717) is 18.3 Å². The van der Waals surface area contributed by atoms with E-state index in [0.717, 1.165) is 36.8 Å². The highest BCUT2D eigenvalue weighted by Crippen LogP contribution is 2.38. The Kier molecular flexibility index (Phi) is 4.60. The number of thioether (sulfide) groups is 1. The molecule has 6 nitrogen and oxygen atoms in total. The number of carbonyl (C=O) groups excluding carboxylic acids is 1. The number of rotatable bonds is 7. The van der Waals surface area contributed by atoms with Gasteiger partial charge in [-0.05, 0) is 19.3 Å². The van der Waals surface area contributed by atoms with Crippen molar-refractivity contribution >= 4 is 17.7 Å². The van der Waals surface area contributed by atoms with Crippen LogP contribution in [0.4, 0.5) is 0 Å². The highest BCUT2D eigenvalue weighted by atomic mass is 32.2. The molecule has 1 aliphatic rings. The molecule has 18 heavy (non-hydrogen) atoms. The molecule has 1 heterocycles. The summed E-state index contributed by atoms with van der Waals surface area (Å²) in [6.45, 7) is 3.15. The number of amides is 1. The van der Waals surface area contributed by atoms with Crippen LogP contribution in [0, 0.1) is 0 Å². The molecule has 1 aliphatic carbocycles. The second-order valence-corrected chi connectivity index (χ2v) is 5.29. The molecule has 0 saturated heterocycles. The first-order valence-corrected chi connectivity index (χ1v) is 7.28. The lowest BCUT2D eigenvalue weighted by Gasteiger charge is -2.07. The summed E-state index contributed by atoms with van der Waals surface area (Å²) in [5.41, 5.74) is 5.64. The van der Waals surface area contributed by atoms with Crippen LogP contribution in [0.15, 0.2) is 5.16 Å². The first-order chi connectivity index (χ1) is 8.76. The molecule has 0 unspecified atom stereocenters. The summed E-state index contributed by atoms with van der Waals surface area (Å²) in [4.78, 5) is 11.5. The van der Waals surface area contributed by atoms with Crippen LogP contribution < -0.4 is 11.1 Å². The average Bonchev–Trinajstić information content (AvgIpc) is 3.14. The molecule has 0 aliphatic heterocycles. The van der Waals surface area contributed by atoms with Crippen LogP contribution in [0.3, 0.4) is 0 Å². The van der Waals surface area contributed by atoms with Gasteiger partial charge < -0.3 is 15.6 Å². The van der Waals surface area contributed by atoms with E-state index in [2.05, 4.69) is 20.1 Å². The Hall–Kier alpha value is -1.08. The molecule has 100 valence electrons. The number of nitrogens with two attached hydrogens (primary N) is 1. The molecule has 1 aromatic rings. The van der Waals surface area contributed by atoms with E-state index in [1.807, 2.05) is 6.92 Å². The second-order valence-electron chi connectivity index (χ2n) is 4.34. The third kappa shape index (κ3) is 3.23. The zero-order valence-corrected chi connectivity index (χ0v) is 11.4. The van der Waals surface area contributed by atoms with Gasteiger partial charge in [-0.25, -0.2) is 0 Å². The Labute approximate surface area is 111 Å². The summed E-state index contributed by atoms with van der Waals surface area (Å²) in [7, 11) is 0. The minimum atomic E-state index is 0.0431. The van der Waals surface area contributed by atoms with Gasteiger partial charge in [-0.2, -0.15) is 0 Å².